The fourth-order valence-corrected chi connectivity index (χ4v) is 3.20. The smallest absolute Gasteiger partial charge is 0.220 e. The van der Waals surface area contributed by atoms with Crippen molar-refractivity contribution in [2.45, 2.75) is 46.2 Å². The number of carbonyl (C=O) groups is 1. The van der Waals surface area contributed by atoms with Crippen LogP contribution in [0, 0.1) is 31.0 Å². The number of pyridine rings is 1. The summed E-state index contributed by atoms with van der Waals surface area (Å²) in [5.74, 6) is 0.497. The van der Waals surface area contributed by atoms with Crippen LogP contribution in [0.15, 0.2) is 42.6 Å². The normalized spacial score (nSPS) is 10.5. The van der Waals surface area contributed by atoms with E-state index in [9.17, 15) is 9.18 Å². The van der Waals surface area contributed by atoms with E-state index in [1.165, 1.54) is 24.3 Å². The second kappa shape index (κ2) is 10.3. The van der Waals surface area contributed by atoms with Gasteiger partial charge in [-0.15, -0.1) is 0 Å². The lowest BCUT2D eigenvalue weighted by Crippen LogP contribution is -2.23. The molecule has 0 aliphatic rings. The van der Waals surface area contributed by atoms with E-state index in [1.54, 1.807) is 12.3 Å². The second-order valence-electron chi connectivity index (χ2n) is 7.12. The first-order valence-electron chi connectivity index (χ1n) is 10.0. The zero-order valence-electron chi connectivity index (χ0n) is 17.6. The molecule has 2 aromatic heterocycles. The van der Waals surface area contributed by atoms with Crippen LogP contribution < -0.4 is 10.1 Å². The van der Waals surface area contributed by atoms with Gasteiger partial charge in [0.2, 0.25) is 11.8 Å². The van der Waals surface area contributed by atoms with Gasteiger partial charge in [-0.2, -0.15) is 10.4 Å². The standard InChI is InChI=1S/C23H24FN5O2/c1-16-21(17(2)29(28-16)13-3-12-25)9-10-22(30)26-14-18-4-11-23(27-15-18)31-20-7-5-19(24)6-8-20/h4-8,11,15H,3,9-10,13-14H2,1-2H3,(H,26,30). The van der Waals surface area contributed by atoms with Crippen molar-refractivity contribution < 1.29 is 13.9 Å². The number of rotatable bonds is 9. The maximum atomic E-state index is 12.9. The molecule has 8 heteroatoms. The SMILES string of the molecule is Cc1nn(CCC#N)c(C)c1CCC(=O)NCc1ccc(Oc2ccc(F)cc2)nc1. The van der Waals surface area contributed by atoms with Crippen molar-refractivity contribution in [1.29, 1.82) is 5.26 Å². The van der Waals surface area contributed by atoms with Crippen LogP contribution in [0.2, 0.25) is 0 Å². The number of nitrogens with zero attached hydrogens (tertiary/aromatic N) is 4. The Morgan fingerprint density at radius 3 is 2.68 bits per heavy atom. The van der Waals surface area contributed by atoms with E-state index in [4.69, 9.17) is 10.00 Å². The maximum absolute atomic E-state index is 12.9. The third kappa shape index (κ3) is 6.12. The Bertz CT molecular complexity index is 1070. The molecule has 0 bridgehead atoms. The number of hydrogen-bond donors (Lipinski definition) is 1. The Balaban J connectivity index is 1.47. The van der Waals surface area contributed by atoms with Crippen molar-refractivity contribution in [2.24, 2.45) is 0 Å². The first-order valence-corrected chi connectivity index (χ1v) is 10.0. The monoisotopic (exact) mass is 421 g/mol. The van der Waals surface area contributed by atoms with Crippen molar-refractivity contribution in [2.75, 3.05) is 0 Å². The molecule has 1 aromatic carbocycles. The summed E-state index contributed by atoms with van der Waals surface area (Å²) in [6.07, 6.45) is 2.99. The summed E-state index contributed by atoms with van der Waals surface area (Å²) in [5, 5.41) is 16.1. The molecule has 0 atom stereocenters. The van der Waals surface area contributed by atoms with Gasteiger partial charge in [0, 0.05) is 30.9 Å². The van der Waals surface area contributed by atoms with E-state index < -0.39 is 0 Å². The molecule has 0 saturated heterocycles. The Kier molecular flexibility index (Phi) is 7.33. The lowest BCUT2D eigenvalue weighted by Gasteiger charge is -2.08. The largest absolute Gasteiger partial charge is 0.439 e. The van der Waals surface area contributed by atoms with E-state index in [2.05, 4.69) is 21.5 Å². The molecule has 0 aliphatic carbocycles. The van der Waals surface area contributed by atoms with Crippen LogP contribution >= 0.6 is 0 Å². The molecule has 0 saturated carbocycles. The van der Waals surface area contributed by atoms with Gasteiger partial charge in [-0.1, -0.05) is 6.07 Å². The minimum absolute atomic E-state index is 0.0600. The second-order valence-corrected chi connectivity index (χ2v) is 7.12. The number of aryl methyl sites for hydroxylation is 2. The fraction of sp³-hybridized carbons (Fsp3) is 0.304. The van der Waals surface area contributed by atoms with Crippen LogP contribution in [0.1, 0.15) is 35.4 Å². The molecular weight excluding hydrogens is 397 g/mol. The molecule has 0 spiro atoms. The molecule has 0 unspecified atom stereocenters. The fourth-order valence-electron chi connectivity index (χ4n) is 3.20. The van der Waals surface area contributed by atoms with Crippen LogP contribution in [0.25, 0.3) is 0 Å². The number of ether oxygens (including phenoxy) is 1. The zero-order valence-corrected chi connectivity index (χ0v) is 17.6. The molecule has 7 nitrogen and oxygen atoms in total. The molecule has 3 aromatic rings. The molecule has 1 N–H and O–H groups in total. The summed E-state index contributed by atoms with van der Waals surface area (Å²) in [7, 11) is 0. The zero-order chi connectivity index (χ0) is 22.2. The molecule has 1 amide bonds. The molecule has 0 fully saturated rings. The predicted octanol–water partition coefficient (Wildman–Crippen LogP) is 3.99. The first kappa shape index (κ1) is 22.0. The highest BCUT2D eigenvalue weighted by Crippen LogP contribution is 2.19. The van der Waals surface area contributed by atoms with Crippen molar-refractivity contribution in [1.82, 2.24) is 20.1 Å². The van der Waals surface area contributed by atoms with Crippen molar-refractivity contribution in [3.63, 3.8) is 0 Å². The van der Waals surface area contributed by atoms with Crippen LogP contribution in [0.4, 0.5) is 4.39 Å². The summed E-state index contributed by atoms with van der Waals surface area (Å²) >= 11 is 0. The maximum Gasteiger partial charge on any atom is 0.220 e. The van der Waals surface area contributed by atoms with Gasteiger partial charge in [0.15, 0.2) is 0 Å². The average Bonchev–Trinajstić information content (AvgIpc) is 3.04. The van der Waals surface area contributed by atoms with Gasteiger partial charge < -0.3 is 10.1 Å². The summed E-state index contributed by atoms with van der Waals surface area (Å²) in [6.45, 7) is 4.81. The highest BCUT2D eigenvalue weighted by molar-refractivity contribution is 5.76. The molecular formula is C23H24FN5O2. The van der Waals surface area contributed by atoms with Gasteiger partial charge in [-0.25, -0.2) is 9.37 Å². The number of hydrogen-bond acceptors (Lipinski definition) is 5. The Morgan fingerprint density at radius 1 is 1.23 bits per heavy atom. The molecule has 2 heterocycles. The highest BCUT2D eigenvalue weighted by atomic mass is 19.1. The van der Waals surface area contributed by atoms with Gasteiger partial charge >= 0.3 is 0 Å². The minimum atomic E-state index is -0.329. The number of benzene rings is 1. The van der Waals surface area contributed by atoms with E-state index >= 15 is 0 Å². The quantitative estimate of drug-likeness (QED) is 0.564. The van der Waals surface area contributed by atoms with Gasteiger partial charge in [0.05, 0.1) is 24.7 Å². The number of nitrogens with one attached hydrogen (secondary N) is 1. The van der Waals surface area contributed by atoms with Gasteiger partial charge in [-0.3, -0.25) is 9.48 Å². The number of nitriles is 1. The summed E-state index contributed by atoms with van der Waals surface area (Å²) in [6, 6.07) is 11.3. The molecule has 160 valence electrons. The Labute approximate surface area is 180 Å². The van der Waals surface area contributed by atoms with Crippen LogP contribution in [-0.4, -0.2) is 20.7 Å². The third-order valence-electron chi connectivity index (χ3n) is 4.89. The van der Waals surface area contributed by atoms with Crippen LogP contribution in [0.3, 0.4) is 0 Å². The lowest BCUT2D eigenvalue weighted by molar-refractivity contribution is -0.121. The Morgan fingerprint density at radius 2 is 2.00 bits per heavy atom. The first-order chi connectivity index (χ1) is 15.0. The molecule has 0 radical (unpaired) electrons. The lowest BCUT2D eigenvalue weighted by atomic mass is 10.1. The number of halogens is 1. The van der Waals surface area contributed by atoms with Crippen LogP contribution in [-0.2, 0) is 24.3 Å². The van der Waals surface area contributed by atoms with Gasteiger partial charge in [0.25, 0.3) is 0 Å². The minimum Gasteiger partial charge on any atom is -0.439 e. The molecule has 0 aliphatic heterocycles. The van der Waals surface area contributed by atoms with E-state index in [0.717, 1.165) is 22.5 Å². The summed E-state index contributed by atoms with van der Waals surface area (Å²) in [4.78, 5) is 16.5. The van der Waals surface area contributed by atoms with Crippen LogP contribution in [0.5, 0.6) is 11.6 Å². The topological polar surface area (TPSA) is 92.8 Å². The Hall–Kier alpha value is -3.73. The van der Waals surface area contributed by atoms with E-state index in [-0.39, 0.29) is 11.7 Å². The van der Waals surface area contributed by atoms with Crippen molar-refractivity contribution in [3.05, 3.63) is 70.9 Å². The number of amides is 1. The highest BCUT2D eigenvalue weighted by Gasteiger charge is 2.13. The number of carbonyl (C=O) groups excluding carboxylic acids is 1. The van der Waals surface area contributed by atoms with Crippen molar-refractivity contribution >= 4 is 5.91 Å². The van der Waals surface area contributed by atoms with Gasteiger partial charge in [-0.05, 0) is 55.7 Å². The predicted molar refractivity (Wildman–Crippen MR) is 113 cm³/mol. The third-order valence-corrected chi connectivity index (χ3v) is 4.89. The molecule has 3 rings (SSSR count). The summed E-state index contributed by atoms with van der Waals surface area (Å²) < 4.78 is 20.3. The average molecular weight is 421 g/mol. The van der Waals surface area contributed by atoms with E-state index in [0.29, 0.717) is 44.0 Å². The van der Waals surface area contributed by atoms with E-state index in [1.807, 2.05) is 24.6 Å². The number of aromatic nitrogens is 3. The summed E-state index contributed by atoms with van der Waals surface area (Å²) in [5.41, 5.74) is 3.79. The van der Waals surface area contributed by atoms with Gasteiger partial charge in [0.1, 0.15) is 11.6 Å². The van der Waals surface area contributed by atoms with Crippen molar-refractivity contribution in [3.8, 4) is 17.7 Å². The molecule has 31 heavy (non-hydrogen) atoms.